The van der Waals surface area contributed by atoms with E-state index < -0.39 is 0 Å². The van der Waals surface area contributed by atoms with Crippen molar-refractivity contribution < 1.29 is 9.21 Å². The first-order valence-electron chi connectivity index (χ1n) is 9.02. The van der Waals surface area contributed by atoms with E-state index in [-0.39, 0.29) is 11.0 Å². The maximum atomic E-state index is 12.4. The predicted octanol–water partition coefficient (Wildman–Crippen LogP) is 4.63. The molecule has 0 aliphatic carbocycles. The van der Waals surface area contributed by atoms with Crippen LogP contribution < -0.4 is 10.6 Å². The Hall–Kier alpha value is -3.58. The van der Waals surface area contributed by atoms with Gasteiger partial charge in [0, 0.05) is 23.0 Å². The van der Waals surface area contributed by atoms with Crippen LogP contribution >= 0.6 is 12.2 Å². The van der Waals surface area contributed by atoms with Gasteiger partial charge < -0.3 is 9.73 Å². The van der Waals surface area contributed by atoms with Gasteiger partial charge in [0.15, 0.2) is 16.3 Å². The summed E-state index contributed by atoms with van der Waals surface area (Å²) < 4.78 is 5.77. The van der Waals surface area contributed by atoms with E-state index in [4.69, 9.17) is 16.6 Å². The minimum Gasteiger partial charge on any atom is -0.434 e. The number of hydrogen-bond donors (Lipinski definition) is 2. The molecule has 0 aliphatic heterocycles. The lowest BCUT2D eigenvalue weighted by molar-refractivity contribution is 0.0977. The first-order valence-corrected chi connectivity index (χ1v) is 9.42. The quantitative estimate of drug-likeness (QED) is 0.486. The molecule has 0 saturated carbocycles. The summed E-state index contributed by atoms with van der Waals surface area (Å²) in [6, 6.07) is 16.7. The Labute approximate surface area is 173 Å². The van der Waals surface area contributed by atoms with Crippen LogP contribution in [-0.2, 0) is 0 Å². The SMILES string of the molecule is Cc1cc(-c2nc3ncccc3o2)ccc1NC(=S)NC(=O)c1ccccc1C. The number of pyridine rings is 1. The Morgan fingerprint density at radius 3 is 2.62 bits per heavy atom. The molecule has 0 spiro atoms. The molecule has 2 aromatic heterocycles. The monoisotopic (exact) mass is 402 g/mol. The summed E-state index contributed by atoms with van der Waals surface area (Å²) in [5, 5.41) is 6.03. The van der Waals surface area contributed by atoms with Crippen molar-refractivity contribution in [1.29, 1.82) is 0 Å². The molecule has 4 aromatic rings. The van der Waals surface area contributed by atoms with Gasteiger partial charge in [-0.1, -0.05) is 18.2 Å². The number of oxazole rings is 1. The topological polar surface area (TPSA) is 80.1 Å². The third-order valence-corrected chi connectivity index (χ3v) is 4.71. The number of rotatable bonds is 3. The number of nitrogens with zero attached hydrogens (tertiary/aromatic N) is 2. The average Bonchev–Trinajstić information content (AvgIpc) is 3.14. The summed E-state index contributed by atoms with van der Waals surface area (Å²) in [5.41, 5.74) is 5.25. The minimum atomic E-state index is -0.242. The number of carbonyl (C=O) groups is 1. The van der Waals surface area contributed by atoms with E-state index in [1.54, 1.807) is 12.3 Å². The summed E-state index contributed by atoms with van der Waals surface area (Å²) in [5.74, 6) is 0.262. The third kappa shape index (κ3) is 4.00. The molecule has 1 amide bonds. The van der Waals surface area contributed by atoms with Gasteiger partial charge in [0.2, 0.25) is 5.89 Å². The van der Waals surface area contributed by atoms with Gasteiger partial charge in [0.05, 0.1) is 0 Å². The lowest BCUT2D eigenvalue weighted by atomic mass is 10.1. The smallest absolute Gasteiger partial charge is 0.257 e. The van der Waals surface area contributed by atoms with Gasteiger partial charge in [-0.05, 0) is 73.6 Å². The minimum absolute atomic E-state index is 0.236. The number of thiocarbonyl (C=S) groups is 1. The molecule has 2 N–H and O–H groups in total. The molecule has 6 nitrogen and oxygen atoms in total. The number of amides is 1. The van der Waals surface area contributed by atoms with E-state index in [1.165, 1.54) is 0 Å². The average molecular weight is 402 g/mol. The van der Waals surface area contributed by atoms with Crippen LogP contribution in [0.2, 0.25) is 0 Å². The summed E-state index contributed by atoms with van der Waals surface area (Å²) in [6.07, 6.45) is 1.68. The number of hydrogen-bond acceptors (Lipinski definition) is 5. The number of carbonyl (C=O) groups excluding carboxylic acids is 1. The third-order valence-electron chi connectivity index (χ3n) is 4.50. The molecule has 0 saturated heterocycles. The van der Waals surface area contributed by atoms with Crippen molar-refractivity contribution in [1.82, 2.24) is 15.3 Å². The highest BCUT2D eigenvalue weighted by Crippen LogP contribution is 2.26. The van der Waals surface area contributed by atoms with E-state index >= 15 is 0 Å². The number of anilines is 1. The van der Waals surface area contributed by atoms with E-state index in [1.807, 2.05) is 62.4 Å². The maximum Gasteiger partial charge on any atom is 0.257 e. The first-order chi connectivity index (χ1) is 14.0. The first kappa shape index (κ1) is 18.8. The van der Waals surface area contributed by atoms with E-state index in [0.717, 1.165) is 22.4 Å². The molecular formula is C22H18N4O2S. The van der Waals surface area contributed by atoms with Gasteiger partial charge in [0.1, 0.15) is 0 Å². The van der Waals surface area contributed by atoms with Crippen molar-refractivity contribution in [3.63, 3.8) is 0 Å². The Morgan fingerprint density at radius 1 is 1.03 bits per heavy atom. The zero-order valence-electron chi connectivity index (χ0n) is 15.9. The molecule has 0 atom stereocenters. The highest BCUT2D eigenvalue weighted by Gasteiger charge is 2.13. The fourth-order valence-electron chi connectivity index (χ4n) is 2.98. The van der Waals surface area contributed by atoms with Crippen LogP contribution in [0.25, 0.3) is 22.7 Å². The molecule has 0 bridgehead atoms. The summed E-state index contributed by atoms with van der Waals surface area (Å²) in [6.45, 7) is 3.83. The number of benzene rings is 2. The van der Waals surface area contributed by atoms with Gasteiger partial charge >= 0.3 is 0 Å². The van der Waals surface area contributed by atoms with Crippen LogP contribution in [-0.4, -0.2) is 21.0 Å². The fraction of sp³-hybridized carbons (Fsp3) is 0.0909. The van der Waals surface area contributed by atoms with Gasteiger partial charge in [-0.2, -0.15) is 4.98 Å². The van der Waals surface area contributed by atoms with Crippen molar-refractivity contribution in [3.05, 3.63) is 77.5 Å². The highest BCUT2D eigenvalue weighted by molar-refractivity contribution is 7.80. The molecule has 0 fully saturated rings. The molecule has 2 heterocycles. The van der Waals surface area contributed by atoms with Gasteiger partial charge in [-0.25, -0.2) is 4.98 Å². The van der Waals surface area contributed by atoms with Crippen molar-refractivity contribution in [2.45, 2.75) is 13.8 Å². The molecule has 0 aliphatic rings. The van der Waals surface area contributed by atoms with E-state index in [2.05, 4.69) is 20.6 Å². The maximum absolute atomic E-state index is 12.4. The Balaban J connectivity index is 1.49. The number of aryl methyl sites for hydroxylation is 2. The Bertz CT molecular complexity index is 1200. The fourth-order valence-corrected chi connectivity index (χ4v) is 3.18. The largest absolute Gasteiger partial charge is 0.434 e. The molecule has 0 radical (unpaired) electrons. The van der Waals surface area contributed by atoms with E-state index in [9.17, 15) is 4.79 Å². The number of fused-ring (bicyclic) bond motifs is 1. The molecule has 4 rings (SSSR count). The molecule has 0 unspecified atom stereocenters. The zero-order valence-corrected chi connectivity index (χ0v) is 16.7. The number of nitrogens with one attached hydrogen (secondary N) is 2. The standard InChI is InChI=1S/C22H18N4O2S/c1-13-6-3-4-7-16(13)20(27)26-22(29)24-17-10-9-15(12-14(17)2)21-25-19-18(28-21)8-5-11-23-19/h3-12H,1-2H3,(H2,24,26,27,29). The molecule has 144 valence electrons. The summed E-state index contributed by atoms with van der Waals surface area (Å²) in [7, 11) is 0. The van der Waals surface area contributed by atoms with Gasteiger partial charge in [-0.3, -0.25) is 10.1 Å². The summed E-state index contributed by atoms with van der Waals surface area (Å²) >= 11 is 5.30. The van der Waals surface area contributed by atoms with Crippen LogP contribution in [0.15, 0.2) is 65.2 Å². The van der Waals surface area contributed by atoms with Crippen molar-refractivity contribution >= 4 is 40.2 Å². The van der Waals surface area contributed by atoms with Crippen molar-refractivity contribution in [3.8, 4) is 11.5 Å². The highest BCUT2D eigenvalue weighted by atomic mass is 32.1. The normalized spacial score (nSPS) is 10.7. The second-order valence-electron chi connectivity index (χ2n) is 6.60. The lowest BCUT2D eigenvalue weighted by Gasteiger charge is -2.13. The zero-order chi connectivity index (χ0) is 20.4. The van der Waals surface area contributed by atoms with Crippen molar-refractivity contribution in [2.24, 2.45) is 0 Å². The molecular weight excluding hydrogens is 384 g/mol. The van der Waals surface area contributed by atoms with E-state index in [0.29, 0.717) is 22.7 Å². The van der Waals surface area contributed by atoms with Crippen LogP contribution in [0.4, 0.5) is 5.69 Å². The van der Waals surface area contributed by atoms with Crippen LogP contribution in [0, 0.1) is 13.8 Å². The van der Waals surface area contributed by atoms with Crippen LogP contribution in [0.1, 0.15) is 21.5 Å². The Morgan fingerprint density at radius 2 is 1.86 bits per heavy atom. The summed E-state index contributed by atoms with van der Waals surface area (Å²) in [4.78, 5) is 21.0. The van der Waals surface area contributed by atoms with Crippen LogP contribution in [0.5, 0.6) is 0 Å². The predicted molar refractivity (Wildman–Crippen MR) is 117 cm³/mol. The van der Waals surface area contributed by atoms with Crippen molar-refractivity contribution in [2.75, 3.05) is 5.32 Å². The molecule has 2 aromatic carbocycles. The second-order valence-corrected chi connectivity index (χ2v) is 7.01. The molecule has 29 heavy (non-hydrogen) atoms. The second kappa shape index (κ2) is 7.81. The van der Waals surface area contributed by atoms with Gasteiger partial charge in [0.25, 0.3) is 5.91 Å². The number of aromatic nitrogens is 2. The van der Waals surface area contributed by atoms with Gasteiger partial charge in [-0.15, -0.1) is 0 Å². The van der Waals surface area contributed by atoms with Crippen LogP contribution in [0.3, 0.4) is 0 Å². The molecule has 7 heteroatoms. The lowest BCUT2D eigenvalue weighted by Crippen LogP contribution is -2.34. The Kier molecular flexibility index (Phi) is 5.05.